The van der Waals surface area contributed by atoms with Crippen LogP contribution in [0.3, 0.4) is 0 Å². The largest absolute Gasteiger partial charge is 0.444 e. The van der Waals surface area contributed by atoms with E-state index in [1.165, 1.54) is 12.3 Å². The molecule has 0 aliphatic carbocycles. The van der Waals surface area contributed by atoms with Crippen molar-refractivity contribution >= 4 is 6.09 Å². The molecule has 2 heterocycles. The summed E-state index contributed by atoms with van der Waals surface area (Å²) in [5.41, 5.74) is 0.489. The first-order valence-corrected chi connectivity index (χ1v) is 6.94. The van der Waals surface area contributed by atoms with Crippen LogP contribution in [0.1, 0.15) is 45.1 Å². The number of likely N-dealkylation sites (tertiary alicyclic amines) is 1. The maximum Gasteiger partial charge on any atom is 0.410 e. The molecule has 0 N–H and O–H groups in total. The van der Waals surface area contributed by atoms with E-state index in [0.717, 1.165) is 18.4 Å². The minimum absolute atomic E-state index is 0.267. The van der Waals surface area contributed by atoms with Crippen LogP contribution in [0.25, 0.3) is 0 Å². The second kappa shape index (κ2) is 5.77. The van der Waals surface area contributed by atoms with Crippen molar-refractivity contribution in [3.8, 4) is 0 Å². The molecule has 0 saturated carbocycles. The number of carbonyl (C=O) groups is 1. The van der Waals surface area contributed by atoms with Gasteiger partial charge in [-0.1, -0.05) is 0 Å². The van der Waals surface area contributed by atoms with Gasteiger partial charge in [-0.25, -0.2) is 9.78 Å². The Labute approximate surface area is 118 Å². The Morgan fingerprint density at radius 2 is 2.05 bits per heavy atom. The molecular weight excluding hydrogens is 259 g/mol. The third-order valence-electron chi connectivity index (χ3n) is 3.37. The highest BCUT2D eigenvalue weighted by Gasteiger charge is 2.27. The van der Waals surface area contributed by atoms with Gasteiger partial charge in [0.1, 0.15) is 5.60 Å². The number of aromatic nitrogens is 1. The first-order chi connectivity index (χ1) is 9.35. The van der Waals surface area contributed by atoms with Gasteiger partial charge in [0.05, 0.1) is 0 Å². The van der Waals surface area contributed by atoms with Crippen molar-refractivity contribution in [1.29, 1.82) is 0 Å². The van der Waals surface area contributed by atoms with Gasteiger partial charge in [-0.2, -0.15) is 4.39 Å². The molecule has 0 atom stereocenters. The normalized spacial score (nSPS) is 17.1. The molecule has 20 heavy (non-hydrogen) atoms. The molecule has 0 spiro atoms. The van der Waals surface area contributed by atoms with Gasteiger partial charge in [0.15, 0.2) is 0 Å². The first kappa shape index (κ1) is 14.8. The number of rotatable bonds is 1. The van der Waals surface area contributed by atoms with Gasteiger partial charge in [0, 0.05) is 19.3 Å². The van der Waals surface area contributed by atoms with Crippen LogP contribution in [0.5, 0.6) is 0 Å². The maximum absolute atomic E-state index is 13.1. The molecule has 1 amide bonds. The average molecular weight is 280 g/mol. The van der Waals surface area contributed by atoms with Crippen LogP contribution in [0.4, 0.5) is 9.18 Å². The number of piperidine rings is 1. The smallest absolute Gasteiger partial charge is 0.410 e. The third-order valence-corrected chi connectivity index (χ3v) is 3.37. The maximum atomic E-state index is 13.1. The van der Waals surface area contributed by atoms with Crippen LogP contribution in [-0.4, -0.2) is 34.7 Å². The molecule has 1 aliphatic heterocycles. The Balaban J connectivity index is 1.91. The lowest BCUT2D eigenvalue weighted by atomic mass is 9.90. The molecular formula is C15H21FN2O2. The zero-order valence-corrected chi connectivity index (χ0v) is 12.2. The Morgan fingerprint density at radius 3 is 2.60 bits per heavy atom. The minimum Gasteiger partial charge on any atom is -0.444 e. The monoisotopic (exact) mass is 280 g/mol. The second-order valence-electron chi connectivity index (χ2n) is 6.15. The first-order valence-electron chi connectivity index (χ1n) is 6.94. The lowest BCUT2D eigenvalue weighted by Gasteiger charge is -2.33. The number of hydrogen-bond donors (Lipinski definition) is 0. The van der Waals surface area contributed by atoms with E-state index in [1.807, 2.05) is 26.8 Å². The Morgan fingerprint density at radius 1 is 1.40 bits per heavy atom. The lowest BCUT2D eigenvalue weighted by Crippen LogP contribution is -2.41. The number of nitrogens with zero attached hydrogens (tertiary/aromatic N) is 2. The van der Waals surface area contributed by atoms with E-state index in [-0.39, 0.29) is 12.0 Å². The molecule has 0 radical (unpaired) electrons. The Hall–Kier alpha value is -1.65. The van der Waals surface area contributed by atoms with E-state index in [0.29, 0.717) is 13.1 Å². The number of pyridine rings is 1. The predicted molar refractivity (Wildman–Crippen MR) is 74.0 cm³/mol. The molecule has 5 heteroatoms. The molecule has 1 saturated heterocycles. The van der Waals surface area contributed by atoms with Crippen molar-refractivity contribution in [1.82, 2.24) is 9.88 Å². The van der Waals surface area contributed by atoms with Crippen molar-refractivity contribution in [2.24, 2.45) is 0 Å². The summed E-state index contributed by atoms with van der Waals surface area (Å²) in [6.45, 7) is 6.86. The Bertz CT molecular complexity index is 477. The van der Waals surface area contributed by atoms with Gasteiger partial charge < -0.3 is 9.64 Å². The fourth-order valence-corrected chi connectivity index (χ4v) is 2.39. The standard InChI is InChI=1S/C15H21FN2O2/c1-15(2,3)20-14(19)18-8-5-11(6-9-18)12-4-7-17-13(16)10-12/h4,7,10-11H,5-6,8-9H2,1-3H3. The van der Waals surface area contributed by atoms with Gasteiger partial charge >= 0.3 is 6.09 Å². The molecule has 0 aromatic carbocycles. The molecule has 110 valence electrons. The minimum atomic E-state index is -0.470. The molecule has 1 aromatic heterocycles. The van der Waals surface area contributed by atoms with E-state index in [1.54, 1.807) is 4.90 Å². The fraction of sp³-hybridized carbons (Fsp3) is 0.600. The SMILES string of the molecule is CC(C)(C)OC(=O)N1CCC(c2ccnc(F)c2)CC1. The molecule has 2 rings (SSSR count). The average Bonchev–Trinajstić information content (AvgIpc) is 2.37. The molecule has 1 fully saturated rings. The van der Waals surface area contributed by atoms with Gasteiger partial charge in [0.25, 0.3) is 0 Å². The van der Waals surface area contributed by atoms with Crippen LogP contribution < -0.4 is 0 Å². The van der Waals surface area contributed by atoms with Crippen molar-refractivity contribution in [3.05, 3.63) is 29.8 Å². The summed E-state index contributed by atoms with van der Waals surface area (Å²) in [5.74, 6) is -0.164. The summed E-state index contributed by atoms with van der Waals surface area (Å²) in [5, 5.41) is 0. The van der Waals surface area contributed by atoms with Crippen LogP contribution in [-0.2, 0) is 4.74 Å². The van der Waals surface area contributed by atoms with Crippen molar-refractivity contribution in [2.75, 3.05) is 13.1 Å². The van der Waals surface area contributed by atoms with Gasteiger partial charge in [-0.05, 0) is 57.2 Å². The fourth-order valence-electron chi connectivity index (χ4n) is 2.39. The van der Waals surface area contributed by atoms with Gasteiger partial charge in [-0.3, -0.25) is 0 Å². The summed E-state index contributed by atoms with van der Waals surface area (Å²) < 4.78 is 18.5. The summed E-state index contributed by atoms with van der Waals surface area (Å²) in [6, 6.07) is 3.32. The second-order valence-corrected chi connectivity index (χ2v) is 6.15. The summed E-state index contributed by atoms with van der Waals surface area (Å²) >= 11 is 0. The number of hydrogen-bond acceptors (Lipinski definition) is 3. The van der Waals surface area contributed by atoms with Crippen LogP contribution >= 0.6 is 0 Å². The number of amides is 1. The van der Waals surface area contributed by atoms with E-state index in [4.69, 9.17) is 4.74 Å². The highest BCUT2D eigenvalue weighted by molar-refractivity contribution is 5.68. The van der Waals surface area contributed by atoms with Crippen molar-refractivity contribution in [2.45, 2.75) is 45.1 Å². The predicted octanol–water partition coefficient (Wildman–Crippen LogP) is 3.34. The van der Waals surface area contributed by atoms with E-state index >= 15 is 0 Å². The molecule has 1 aliphatic rings. The summed E-state index contributed by atoms with van der Waals surface area (Å²) in [7, 11) is 0. The molecule has 4 nitrogen and oxygen atoms in total. The lowest BCUT2D eigenvalue weighted by molar-refractivity contribution is 0.0204. The van der Waals surface area contributed by atoms with E-state index in [9.17, 15) is 9.18 Å². The molecule has 1 aromatic rings. The van der Waals surface area contributed by atoms with Crippen molar-refractivity contribution < 1.29 is 13.9 Å². The highest BCUT2D eigenvalue weighted by atomic mass is 19.1. The van der Waals surface area contributed by atoms with Gasteiger partial charge in [-0.15, -0.1) is 0 Å². The topological polar surface area (TPSA) is 42.4 Å². The third kappa shape index (κ3) is 3.92. The number of carbonyl (C=O) groups excluding carboxylic acids is 1. The van der Waals surface area contributed by atoms with Crippen LogP contribution in [0, 0.1) is 5.95 Å². The quantitative estimate of drug-likeness (QED) is 0.741. The zero-order chi connectivity index (χ0) is 14.8. The van der Waals surface area contributed by atoms with Crippen molar-refractivity contribution in [3.63, 3.8) is 0 Å². The summed E-state index contributed by atoms with van der Waals surface area (Å²) in [6.07, 6.45) is 2.87. The molecule has 0 bridgehead atoms. The van der Waals surface area contributed by atoms with E-state index in [2.05, 4.69) is 4.98 Å². The van der Waals surface area contributed by atoms with Gasteiger partial charge in [0.2, 0.25) is 5.95 Å². The van der Waals surface area contributed by atoms with Crippen LogP contribution in [0.2, 0.25) is 0 Å². The van der Waals surface area contributed by atoms with Crippen LogP contribution in [0.15, 0.2) is 18.3 Å². The molecule has 0 unspecified atom stereocenters. The number of halogens is 1. The Kier molecular flexibility index (Phi) is 4.26. The zero-order valence-electron chi connectivity index (χ0n) is 12.2. The van der Waals surface area contributed by atoms with E-state index < -0.39 is 11.5 Å². The highest BCUT2D eigenvalue weighted by Crippen LogP contribution is 2.28. The summed E-state index contributed by atoms with van der Waals surface area (Å²) in [4.78, 5) is 17.2. The number of ether oxygens (including phenoxy) is 1.